The first-order chi connectivity index (χ1) is 15.2. The first-order valence-electron chi connectivity index (χ1n) is 10.8. The van der Waals surface area contributed by atoms with Crippen molar-refractivity contribution in [1.29, 1.82) is 0 Å². The highest BCUT2D eigenvalue weighted by molar-refractivity contribution is 7.39. The second-order valence-electron chi connectivity index (χ2n) is 8.37. The molecule has 2 atom stereocenters. The van der Waals surface area contributed by atoms with Gasteiger partial charge in [0.2, 0.25) is 0 Å². The zero-order valence-electron chi connectivity index (χ0n) is 17.6. The third kappa shape index (κ3) is 3.23. The molecule has 4 nitrogen and oxygen atoms in total. The molecule has 0 saturated carbocycles. The van der Waals surface area contributed by atoms with Crippen molar-refractivity contribution in [1.82, 2.24) is 0 Å². The van der Waals surface area contributed by atoms with Crippen LogP contribution in [-0.2, 0) is 4.74 Å². The SMILES string of the molecule is CC1CN(p2oc3ccc4ccccc4c3c3c(ccc4ccccc43)o2)CC(C)O1. The van der Waals surface area contributed by atoms with Gasteiger partial charge in [0.15, 0.2) is 0 Å². The van der Waals surface area contributed by atoms with Gasteiger partial charge < -0.3 is 13.1 Å². The van der Waals surface area contributed by atoms with Gasteiger partial charge >= 0.3 is 8.16 Å². The van der Waals surface area contributed by atoms with Gasteiger partial charge in [0.05, 0.1) is 12.2 Å². The Morgan fingerprint density at radius 2 is 1.16 bits per heavy atom. The van der Waals surface area contributed by atoms with Crippen LogP contribution >= 0.6 is 8.16 Å². The van der Waals surface area contributed by atoms with Crippen LogP contribution in [0.15, 0.2) is 81.2 Å². The lowest BCUT2D eigenvalue weighted by atomic mass is 9.99. The molecule has 1 saturated heterocycles. The summed E-state index contributed by atoms with van der Waals surface area (Å²) in [6, 6.07) is 25.5. The molecule has 31 heavy (non-hydrogen) atoms. The predicted octanol–water partition coefficient (Wildman–Crippen LogP) is 7.34. The van der Waals surface area contributed by atoms with Gasteiger partial charge in [0.25, 0.3) is 0 Å². The van der Waals surface area contributed by atoms with E-state index in [0.29, 0.717) is 0 Å². The average Bonchev–Trinajstić information content (AvgIpc) is 2.95. The summed E-state index contributed by atoms with van der Waals surface area (Å²) in [5, 5.41) is 6.99. The number of morpholine rings is 1. The van der Waals surface area contributed by atoms with Gasteiger partial charge in [-0.3, -0.25) is 0 Å². The van der Waals surface area contributed by atoms with Crippen LogP contribution in [0.25, 0.3) is 43.5 Å². The molecule has 1 fully saturated rings. The maximum Gasteiger partial charge on any atom is 0.309 e. The predicted molar refractivity (Wildman–Crippen MR) is 129 cm³/mol. The van der Waals surface area contributed by atoms with Crippen molar-refractivity contribution in [3.63, 3.8) is 0 Å². The molecule has 0 bridgehead atoms. The monoisotopic (exact) mass is 429 g/mol. The van der Waals surface area contributed by atoms with Gasteiger partial charge in [-0.25, -0.2) is 0 Å². The van der Waals surface area contributed by atoms with Crippen LogP contribution in [0, 0.1) is 0 Å². The van der Waals surface area contributed by atoms with Crippen molar-refractivity contribution in [3.8, 4) is 0 Å². The van der Waals surface area contributed by atoms with Crippen LogP contribution in [0.4, 0.5) is 0 Å². The van der Waals surface area contributed by atoms with E-state index in [4.69, 9.17) is 13.1 Å². The van der Waals surface area contributed by atoms with E-state index in [1.165, 1.54) is 21.5 Å². The molecule has 0 aliphatic carbocycles. The van der Waals surface area contributed by atoms with E-state index in [1.807, 2.05) is 0 Å². The molecule has 0 radical (unpaired) electrons. The van der Waals surface area contributed by atoms with Crippen LogP contribution < -0.4 is 4.67 Å². The zero-order chi connectivity index (χ0) is 20.9. The maximum absolute atomic E-state index is 6.65. The van der Waals surface area contributed by atoms with Crippen molar-refractivity contribution in [2.24, 2.45) is 0 Å². The van der Waals surface area contributed by atoms with Crippen molar-refractivity contribution in [3.05, 3.63) is 72.8 Å². The minimum absolute atomic E-state index is 0.147. The third-order valence-electron chi connectivity index (χ3n) is 6.02. The second kappa shape index (κ2) is 7.42. The van der Waals surface area contributed by atoms with Crippen LogP contribution in [0.3, 0.4) is 0 Å². The number of rotatable bonds is 1. The molecule has 1 aliphatic heterocycles. The molecule has 0 spiro atoms. The fourth-order valence-electron chi connectivity index (χ4n) is 4.76. The van der Waals surface area contributed by atoms with Crippen molar-refractivity contribution in [2.45, 2.75) is 26.1 Å². The molecular weight excluding hydrogens is 405 g/mol. The van der Waals surface area contributed by atoms with Crippen LogP contribution in [0.2, 0.25) is 0 Å². The minimum atomic E-state index is -1.30. The summed E-state index contributed by atoms with van der Waals surface area (Å²) >= 11 is 0. The van der Waals surface area contributed by atoms with E-state index in [1.54, 1.807) is 0 Å². The summed E-state index contributed by atoms with van der Waals surface area (Å²) < 4.78 is 21.5. The highest BCUT2D eigenvalue weighted by Gasteiger charge is 2.27. The molecule has 0 N–H and O–H groups in total. The van der Waals surface area contributed by atoms with Gasteiger partial charge in [-0.2, -0.15) is 4.67 Å². The smallest absolute Gasteiger partial charge is 0.309 e. The summed E-state index contributed by atoms with van der Waals surface area (Å²) in [5.41, 5.74) is 1.76. The Morgan fingerprint density at radius 1 is 0.677 bits per heavy atom. The molecule has 5 aromatic rings. The highest BCUT2D eigenvalue weighted by atomic mass is 31.1. The Bertz CT molecular complexity index is 1370. The maximum atomic E-state index is 6.65. The molecule has 6 rings (SSSR count). The Kier molecular flexibility index (Phi) is 4.53. The zero-order valence-corrected chi connectivity index (χ0v) is 18.5. The lowest BCUT2D eigenvalue weighted by Crippen LogP contribution is -2.44. The Balaban J connectivity index is 1.78. The largest absolute Gasteiger partial charge is 0.408 e. The first kappa shape index (κ1) is 18.9. The number of ether oxygens (including phenoxy) is 1. The summed E-state index contributed by atoms with van der Waals surface area (Å²) in [6.45, 7) is 5.81. The number of benzene rings is 4. The molecule has 2 heterocycles. The number of fused-ring (bicyclic) bond motifs is 7. The van der Waals surface area contributed by atoms with Crippen molar-refractivity contribution in [2.75, 3.05) is 17.8 Å². The lowest BCUT2D eigenvalue weighted by molar-refractivity contribution is -0.00309. The van der Waals surface area contributed by atoms with Gasteiger partial charge in [0, 0.05) is 23.9 Å². The molecule has 156 valence electrons. The van der Waals surface area contributed by atoms with E-state index >= 15 is 0 Å². The summed E-state index contributed by atoms with van der Waals surface area (Å²) in [7, 11) is -1.30. The third-order valence-corrected chi connectivity index (χ3v) is 7.51. The quantitative estimate of drug-likeness (QED) is 0.279. The summed E-state index contributed by atoms with van der Waals surface area (Å²) in [5.74, 6) is 0. The lowest BCUT2D eigenvalue weighted by Gasteiger charge is -2.32. The van der Waals surface area contributed by atoms with Gasteiger partial charge in [-0.05, 0) is 47.5 Å². The number of nitrogens with zero attached hydrogens (tertiary/aromatic N) is 1. The molecule has 2 unspecified atom stereocenters. The normalized spacial score (nSPS) is 20.1. The fourth-order valence-corrected chi connectivity index (χ4v) is 6.39. The summed E-state index contributed by atoms with van der Waals surface area (Å²) in [4.78, 5) is 0. The Hall–Kier alpha value is -2.78. The van der Waals surface area contributed by atoms with Gasteiger partial charge in [0.1, 0.15) is 11.2 Å². The van der Waals surface area contributed by atoms with Crippen LogP contribution in [-0.4, -0.2) is 25.3 Å². The number of hydrogen-bond donors (Lipinski definition) is 0. The molecular formula is C26H24NO3P. The Labute approximate surface area is 181 Å². The van der Waals surface area contributed by atoms with Crippen LogP contribution in [0.5, 0.6) is 0 Å². The van der Waals surface area contributed by atoms with E-state index in [2.05, 4.69) is 91.3 Å². The molecule has 5 heteroatoms. The van der Waals surface area contributed by atoms with Crippen molar-refractivity contribution >= 4 is 51.6 Å². The fraction of sp³-hybridized carbons (Fsp3) is 0.231. The minimum Gasteiger partial charge on any atom is -0.408 e. The first-order valence-corrected chi connectivity index (χ1v) is 11.9. The standard InChI is InChI=1S/C26H24NO3P/c1-17-15-27(16-18(2)28-17)31-29-23-13-11-19-7-3-5-9-21(19)25(23)26-22-10-6-4-8-20(22)12-14-24(26)30-31/h3-14,17-18H,15-16H2,1-2H3. The number of hydrogen-bond acceptors (Lipinski definition) is 4. The average molecular weight is 429 g/mol. The molecule has 1 aliphatic rings. The highest BCUT2D eigenvalue weighted by Crippen LogP contribution is 2.42. The molecule has 0 amide bonds. The van der Waals surface area contributed by atoms with Crippen LogP contribution in [0.1, 0.15) is 13.8 Å². The van der Waals surface area contributed by atoms with Gasteiger partial charge in [-0.1, -0.05) is 60.7 Å². The Morgan fingerprint density at radius 3 is 1.68 bits per heavy atom. The van der Waals surface area contributed by atoms with Gasteiger partial charge in [-0.15, -0.1) is 0 Å². The van der Waals surface area contributed by atoms with E-state index < -0.39 is 8.16 Å². The second-order valence-corrected chi connectivity index (χ2v) is 9.78. The molecule has 1 aromatic heterocycles. The summed E-state index contributed by atoms with van der Waals surface area (Å²) in [6.07, 6.45) is 0.294. The van der Waals surface area contributed by atoms with E-state index in [0.717, 1.165) is 35.0 Å². The van der Waals surface area contributed by atoms with Crippen molar-refractivity contribution < 1.29 is 13.1 Å². The topological polar surface area (TPSA) is 38.8 Å². The molecule has 4 aromatic carbocycles. The van der Waals surface area contributed by atoms with E-state index in [-0.39, 0.29) is 12.2 Å². The van der Waals surface area contributed by atoms with E-state index in [9.17, 15) is 0 Å².